The van der Waals surface area contributed by atoms with Crippen molar-refractivity contribution in [1.82, 2.24) is 4.90 Å². The molecule has 4 rings (SSSR count). The molecule has 0 saturated heterocycles. The summed E-state index contributed by atoms with van der Waals surface area (Å²) in [6.45, 7) is 0.554. The lowest BCUT2D eigenvalue weighted by Crippen LogP contribution is -2.29. The van der Waals surface area contributed by atoms with Crippen LogP contribution in [0.15, 0.2) is 72.8 Å². The Morgan fingerprint density at radius 2 is 1.52 bits per heavy atom. The Balaban J connectivity index is 1.44. The summed E-state index contributed by atoms with van der Waals surface area (Å²) in [6.07, 6.45) is 0. The quantitative estimate of drug-likeness (QED) is 0.651. The Bertz CT molecular complexity index is 1090. The van der Waals surface area contributed by atoms with Gasteiger partial charge in [0.05, 0.1) is 23.2 Å². The van der Waals surface area contributed by atoms with Crippen LogP contribution >= 0.6 is 0 Å². The number of hydrogen-bond donors (Lipinski definition) is 1. The Kier molecular flexibility index (Phi) is 4.83. The Labute approximate surface area is 167 Å². The van der Waals surface area contributed by atoms with E-state index >= 15 is 0 Å². The maximum Gasteiger partial charge on any atom is 0.335 e. The SMILES string of the molecule is O=C(O)c1ccc2c(c1)C(=O)N(Cc1ccc(OCc3ccccc3)cc1)C2=O. The van der Waals surface area contributed by atoms with Crippen LogP contribution < -0.4 is 4.74 Å². The maximum atomic E-state index is 12.6. The van der Waals surface area contributed by atoms with Gasteiger partial charge in [0.1, 0.15) is 12.4 Å². The molecule has 1 heterocycles. The molecular formula is C23H17NO5. The van der Waals surface area contributed by atoms with E-state index in [0.29, 0.717) is 12.4 Å². The number of ether oxygens (including phenoxy) is 1. The van der Waals surface area contributed by atoms with E-state index in [-0.39, 0.29) is 23.2 Å². The molecule has 1 aliphatic rings. The number of nitrogens with zero attached hydrogens (tertiary/aromatic N) is 1. The number of fused-ring (bicyclic) bond motifs is 1. The highest BCUT2D eigenvalue weighted by atomic mass is 16.5. The molecule has 0 aliphatic carbocycles. The van der Waals surface area contributed by atoms with Gasteiger partial charge in [-0.05, 0) is 41.5 Å². The molecule has 144 valence electrons. The molecule has 6 nitrogen and oxygen atoms in total. The molecule has 3 aromatic carbocycles. The van der Waals surface area contributed by atoms with E-state index < -0.39 is 17.8 Å². The van der Waals surface area contributed by atoms with Gasteiger partial charge in [-0.2, -0.15) is 0 Å². The summed E-state index contributed by atoms with van der Waals surface area (Å²) in [5, 5.41) is 9.09. The van der Waals surface area contributed by atoms with Crippen molar-refractivity contribution in [3.63, 3.8) is 0 Å². The van der Waals surface area contributed by atoms with Gasteiger partial charge >= 0.3 is 5.97 Å². The van der Waals surface area contributed by atoms with E-state index in [1.165, 1.54) is 18.2 Å². The van der Waals surface area contributed by atoms with Crippen molar-refractivity contribution in [2.75, 3.05) is 0 Å². The zero-order valence-corrected chi connectivity index (χ0v) is 15.4. The highest BCUT2D eigenvalue weighted by Gasteiger charge is 2.35. The van der Waals surface area contributed by atoms with Crippen LogP contribution in [-0.4, -0.2) is 27.8 Å². The number of benzene rings is 3. The third-order valence-corrected chi connectivity index (χ3v) is 4.73. The molecular weight excluding hydrogens is 370 g/mol. The van der Waals surface area contributed by atoms with E-state index in [9.17, 15) is 14.4 Å². The molecule has 0 aromatic heterocycles. The molecule has 3 aromatic rings. The predicted octanol–water partition coefficient (Wildman–Crippen LogP) is 3.76. The number of amides is 2. The van der Waals surface area contributed by atoms with Gasteiger partial charge in [0.25, 0.3) is 11.8 Å². The summed E-state index contributed by atoms with van der Waals surface area (Å²) in [7, 11) is 0. The second-order valence-electron chi connectivity index (χ2n) is 6.68. The van der Waals surface area contributed by atoms with Crippen LogP contribution in [0.25, 0.3) is 0 Å². The summed E-state index contributed by atoms with van der Waals surface area (Å²) in [5.74, 6) is -1.37. The van der Waals surface area contributed by atoms with Crippen LogP contribution in [0, 0.1) is 0 Å². The van der Waals surface area contributed by atoms with Gasteiger partial charge < -0.3 is 9.84 Å². The molecule has 0 radical (unpaired) electrons. The zero-order valence-electron chi connectivity index (χ0n) is 15.4. The number of carboxylic acids is 1. The van der Waals surface area contributed by atoms with Crippen molar-refractivity contribution < 1.29 is 24.2 Å². The summed E-state index contributed by atoms with van der Waals surface area (Å²) in [4.78, 5) is 37.4. The maximum absolute atomic E-state index is 12.6. The first-order valence-corrected chi connectivity index (χ1v) is 9.02. The van der Waals surface area contributed by atoms with Crippen molar-refractivity contribution in [3.05, 3.63) is 101 Å². The largest absolute Gasteiger partial charge is 0.489 e. The monoisotopic (exact) mass is 387 g/mol. The van der Waals surface area contributed by atoms with E-state index in [2.05, 4.69) is 0 Å². The lowest BCUT2D eigenvalue weighted by atomic mass is 10.1. The van der Waals surface area contributed by atoms with Gasteiger partial charge in [0.2, 0.25) is 0 Å². The highest BCUT2D eigenvalue weighted by molar-refractivity contribution is 6.21. The summed E-state index contributed by atoms with van der Waals surface area (Å²) < 4.78 is 5.74. The van der Waals surface area contributed by atoms with Gasteiger partial charge in [-0.25, -0.2) is 4.79 Å². The van der Waals surface area contributed by atoms with Gasteiger partial charge in [-0.3, -0.25) is 14.5 Å². The molecule has 0 atom stereocenters. The van der Waals surface area contributed by atoms with Crippen LogP contribution in [0.3, 0.4) is 0 Å². The molecule has 2 amide bonds. The number of carbonyl (C=O) groups is 3. The van der Waals surface area contributed by atoms with Crippen LogP contribution in [0.2, 0.25) is 0 Å². The lowest BCUT2D eigenvalue weighted by Gasteiger charge is -2.14. The van der Waals surface area contributed by atoms with Crippen molar-refractivity contribution in [2.24, 2.45) is 0 Å². The second-order valence-corrected chi connectivity index (χ2v) is 6.68. The molecule has 0 saturated carbocycles. The highest BCUT2D eigenvalue weighted by Crippen LogP contribution is 2.26. The van der Waals surface area contributed by atoms with Crippen molar-refractivity contribution in [1.29, 1.82) is 0 Å². The van der Waals surface area contributed by atoms with E-state index in [0.717, 1.165) is 16.0 Å². The normalized spacial score (nSPS) is 12.8. The molecule has 0 bridgehead atoms. The average Bonchev–Trinajstić information content (AvgIpc) is 2.98. The molecule has 0 unspecified atom stereocenters. The van der Waals surface area contributed by atoms with E-state index in [1.807, 2.05) is 30.3 Å². The molecule has 0 fully saturated rings. The zero-order chi connectivity index (χ0) is 20.4. The number of aromatic carboxylic acids is 1. The summed E-state index contributed by atoms with van der Waals surface area (Å²) in [5.41, 5.74) is 2.15. The van der Waals surface area contributed by atoms with Gasteiger partial charge in [-0.15, -0.1) is 0 Å². The van der Waals surface area contributed by atoms with E-state index in [4.69, 9.17) is 9.84 Å². The first-order chi connectivity index (χ1) is 14.0. The van der Waals surface area contributed by atoms with Crippen LogP contribution in [-0.2, 0) is 13.2 Å². The Morgan fingerprint density at radius 1 is 0.828 bits per heavy atom. The fourth-order valence-corrected chi connectivity index (χ4v) is 3.18. The van der Waals surface area contributed by atoms with Gasteiger partial charge in [-0.1, -0.05) is 42.5 Å². The topological polar surface area (TPSA) is 83.9 Å². The molecule has 0 spiro atoms. The molecule has 1 N–H and O–H groups in total. The Hall–Kier alpha value is -3.93. The lowest BCUT2D eigenvalue weighted by molar-refractivity contribution is 0.0641. The van der Waals surface area contributed by atoms with Crippen LogP contribution in [0.4, 0.5) is 0 Å². The third kappa shape index (κ3) is 3.73. The molecule has 29 heavy (non-hydrogen) atoms. The van der Waals surface area contributed by atoms with Crippen molar-refractivity contribution in [3.8, 4) is 5.75 Å². The number of carboxylic acid groups (broad SMARTS) is 1. The predicted molar refractivity (Wildman–Crippen MR) is 105 cm³/mol. The molecule has 6 heteroatoms. The van der Waals surface area contributed by atoms with Crippen LogP contribution in [0.5, 0.6) is 5.75 Å². The first-order valence-electron chi connectivity index (χ1n) is 9.02. The fourth-order valence-electron chi connectivity index (χ4n) is 3.18. The van der Waals surface area contributed by atoms with Crippen LogP contribution in [0.1, 0.15) is 42.2 Å². The first kappa shape index (κ1) is 18.4. The van der Waals surface area contributed by atoms with E-state index in [1.54, 1.807) is 24.3 Å². The Morgan fingerprint density at radius 3 is 2.21 bits per heavy atom. The summed E-state index contributed by atoms with van der Waals surface area (Å²) >= 11 is 0. The number of imide groups is 1. The standard InChI is InChI=1S/C23H17NO5/c25-21-19-11-8-17(23(27)28)12-20(19)22(26)24(21)13-15-6-9-18(10-7-15)29-14-16-4-2-1-3-5-16/h1-12H,13-14H2,(H,27,28). The van der Waals surface area contributed by atoms with Gasteiger partial charge in [0, 0.05) is 0 Å². The third-order valence-electron chi connectivity index (χ3n) is 4.73. The van der Waals surface area contributed by atoms with Gasteiger partial charge in [0.15, 0.2) is 0 Å². The summed E-state index contributed by atoms with van der Waals surface area (Å²) in [6, 6.07) is 20.9. The smallest absolute Gasteiger partial charge is 0.335 e. The fraction of sp³-hybridized carbons (Fsp3) is 0.0870. The minimum Gasteiger partial charge on any atom is -0.489 e. The number of rotatable bonds is 6. The molecule has 1 aliphatic heterocycles. The minimum atomic E-state index is -1.14. The number of hydrogen-bond acceptors (Lipinski definition) is 4. The van der Waals surface area contributed by atoms with Crippen molar-refractivity contribution >= 4 is 17.8 Å². The second kappa shape index (κ2) is 7.59. The number of carbonyl (C=O) groups excluding carboxylic acids is 2. The van der Waals surface area contributed by atoms with Crippen molar-refractivity contribution in [2.45, 2.75) is 13.2 Å². The minimum absolute atomic E-state index is 0.0216. The average molecular weight is 387 g/mol.